The number of fused-ring (bicyclic) bond motifs is 1. The van der Waals surface area contributed by atoms with Crippen molar-refractivity contribution in [1.82, 2.24) is 15.1 Å². The fourth-order valence-electron chi connectivity index (χ4n) is 4.10. The fourth-order valence-corrected chi connectivity index (χ4v) is 4.10. The highest BCUT2D eigenvalue weighted by Crippen LogP contribution is 2.36. The Morgan fingerprint density at radius 2 is 1.88 bits per heavy atom. The fraction of sp³-hybridized carbons (Fsp3) is 0.318. The first-order valence-electron chi connectivity index (χ1n) is 10.1. The Hall–Kier alpha value is -3.56. The van der Waals surface area contributed by atoms with Gasteiger partial charge in [-0.2, -0.15) is 23.0 Å². The van der Waals surface area contributed by atoms with Gasteiger partial charge in [0.25, 0.3) is 0 Å². The third kappa shape index (κ3) is 4.39. The maximum atomic E-state index is 12.8. The van der Waals surface area contributed by atoms with E-state index in [-0.39, 0.29) is 12.0 Å². The van der Waals surface area contributed by atoms with E-state index in [0.717, 1.165) is 35.2 Å². The molecule has 1 aliphatic carbocycles. The van der Waals surface area contributed by atoms with Crippen molar-refractivity contribution >= 4 is 28.7 Å². The van der Waals surface area contributed by atoms with Crippen LogP contribution in [0.5, 0.6) is 0 Å². The van der Waals surface area contributed by atoms with Crippen LogP contribution in [0.15, 0.2) is 48.7 Å². The lowest BCUT2D eigenvalue weighted by Gasteiger charge is -2.15. The van der Waals surface area contributed by atoms with Crippen molar-refractivity contribution < 1.29 is 27.5 Å². The zero-order valence-electron chi connectivity index (χ0n) is 17.1. The van der Waals surface area contributed by atoms with Crippen LogP contribution < -0.4 is 10.6 Å². The number of carbonyl (C=O) groups is 2. The van der Waals surface area contributed by atoms with E-state index in [2.05, 4.69) is 20.5 Å². The summed E-state index contributed by atoms with van der Waals surface area (Å²) >= 11 is 0. The van der Waals surface area contributed by atoms with Crippen LogP contribution in [-0.2, 0) is 10.9 Å². The van der Waals surface area contributed by atoms with Crippen molar-refractivity contribution in [3.8, 4) is 0 Å². The van der Waals surface area contributed by atoms with E-state index in [1.807, 2.05) is 0 Å². The van der Waals surface area contributed by atoms with Gasteiger partial charge in [-0.3, -0.25) is 0 Å². The smallest absolute Gasteiger partial charge is 0.434 e. The van der Waals surface area contributed by atoms with Gasteiger partial charge in [0.05, 0.1) is 30.1 Å². The minimum atomic E-state index is -4.35. The molecule has 1 aromatic heterocycles. The molecule has 1 fully saturated rings. The first-order valence-corrected chi connectivity index (χ1v) is 10.1. The van der Waals surface area contributed by atoms with Crippen molar-refractivity contribution in [2.45, 2.75) is 37.4 Å². The molecule has 1 heterocycles. The predicted octanol–water partition coefficient (Wildman–Crippen LogP) is 5.13. The second-order valence-electron chi connectivity index (χ2n) is 7.69. The Bertz CT molecular complexity index is 1140. The molecule has 3 aromatic rings. The molecule has 2 atom stereocenters. The van der Waals surface area contributed by atoms with Gasteiger partial charge in [-0.05, 0) is 55.0 Å². The summed E-state index contributed by atoms with van der Waals surface area (Å²) < 4.78 is 44.1. The van der Waals surface area contributed by atoms with E-state index < -0.39 is 23.9 Å². The van der Waals surface area contributed by atoms with Gasteiger partial charge in [-0.25, -0.2) is 9.59 Å². The number of amides is 2. The van der Waals surface area contributed by atoms with E-state index in [1.165, 1.54) is 25.4 Å². The van der Waals surface area contributed by atoms with Gasteiger partial charge in [-0.1, -0.05) is 18.2 Å². The Morgan fingerprint density at radius 3 is 2.56 bits per heavy atom. The monoisotopic (exact) mass is 446 g/mol. The maximum Gasteiger partial charge on any atom is 0.434 e. The topological polar surface area (TPSA) is 85.2 Å². The summed E-state index contributed by atoms with van der Waals surface area (Å²) in [7, 11) is 1.25. The number of benzene rings is 2. The van der Waals surface area contributed by atoms with Gasteiger partial charge in [0, 0.05) is 11.4 Å². The quantitative estimate of drug-likeness (QED) is 0.584. The number of hydrogen-bond donors (Lipinski definition) is 2. The molecular formula is C22H21F3N4O3. The molecule has 4 rings (SSSR count). The minimum absolute atomic E-state index is 0.0873. The molecule has 10 heteroatoms. The number of methoxy groups -OCH3 is 1. The number of ether oxygens (including phenoxy) is 1. The highest BCUT2D eigenvalue weighted by Gasteiger charge is 2.31. The molecule has 168 valence electrons. The average Bonchev–Trinajstić information content (AvgIpc) is 3.40. The minimum Gasteiger partial charge on any atom is -0.451 e. The zero-order chi connectivity index (χ0) is 22.9. The first kappa shape index (κ1) is 21.7. The molecule has 1 saturated carbocycles. The third-order valence-electron chi connectivity index (χ3n) is 5.69. The molecule has 0 radical (unpaired) electrons. The van der Waals surface area contributed by atoms with Crippen molar-refractivity contribution in [2.75, 3.05) is 12.4 Å². The number of aromatic nitrogens is 2. The normalized spacial score (nSPS) is 18.5. The van der Waals surface area contributed by atoms with Gasteiger partial charge in [0.2, 0.25) is 0 Å². The Labute approximate surface area is 181 Å². The number of urea groups is 1. The summed E-state index contributed by atoms with van der Waals surface area (Å²) in [6, 6.07) is 9.79. The Balaban J connectivity index is 1.38. The highest BCUT2D eigenvalue weighted by molar-refractivity contribution is 6.02. The molecule has 7 nitrogen and oxygen atoms in total. The van der Waals surface area contributed by atoms with Gasteiger partial charge in [0.15, 0.2) is 0 Å². The van der Waals surface area contributed by atoms with Gasteiger partial charge >= 0.3 is 18.3 Å². The number of alkyl halides is 3. The molecule has 2 aromatic carbocycles. The van der Waals surface area contributed by atoms with Crippen LogP contribution in [-0.4, -0.2) is 35.1 Å². The highest BCUT2D eigenvalue weighted by atomic mass is 19.4. The first-order chi connectivity index (χ1) is 15.3. The van der Waals surface area contributed by atoms with Crippen molar-refractivity contribution in [3.05, 3.63) is 59.8 Å². The standard InChI is InChI=1S/C22H21F3N4O3/c1-32-21(31)29-19-4-2-3-18(17(19)12-26-29)28-20(30)27-16-10-7-14(11-16)13-5-8-15(9-6-13)22(23,24)25/h2-6,8-9,12,14,16H,7,10-11H2,1H3,(H2,27,28,30)/t14-,16+/m0/s1. The van der Waals surface area contributed by atoms with E-state index >= 15 is 0 Å². The zero-order valence-corrected chi connectivity index (χ0v) is 17.1. The van der Waals surface area contributed by atoms with Crippen LogP contribution in [0.25, 0.3) is 10.9 Å². The van der Waals surface area contributed by atoms with E-state index in [0.29, 0.717) is 23.0 Å². The van der Waals surface area contributed by atoms with Gasteiger partial charge in [-0.15, -0.1) is 0 Å². The summed E-state index contributed by atoms with van der Waals surface area (Å²) in [6.07, 6.45) is -1.38. The van der Waals surface area contributed by atoms with Crippen LogP contribution in [0.3, 0.4) is 0 Å². The second-order valence-corrected chi connectivity index (χ2v) is 7.69. The summed E-state index contributed by atoms with van der Waals surface area (Å²) in [4.78, 5) is 24.3. The molecule has 0 unspecified atom stereocenters. The summed E-state index contributed by atoms with van der Waals surface area (Å²) in [5, 5.41) is 10.3. The maximum absolute atomic E-state index is 12.8. The molecule has 32 heavy (non-hydrogen) atoms. The largest absolute Gasteiger partial charge is 0.451 e. The van der Waals surface area contributed by atoms with Crippen molar-refractivity contribution in [2.24, 2.45) is 0 Å². The number of nitrogens with zero attached hydrogens (tertiary/aromatic N) is 2. The summed E-state index contributed by atoms with van der Waals surface area (Å²) in [5.41, 5.74) is 1.16. The Kier molecular flexibility index (Phi) is 5.77. The van der Waals surface area contributed by atoms with E-state index in [1.54, 1.807) is 18.2 Å². The molecule has 0 saturated heterocycles. The number of carbonyl (C=O) groups excluding carboxylic acids is 2. The molecule has 1 aliphatic rings. The molecule has 2 amide bonds. The van der Waals surface area contributed by atoms with E-state index in [9.17, 15) is 22.8 Å². The lowest BCUT2D eigenvalue weighted by atomic mass is 9.96. The van der Waals surface area contributed by atoms with Crippen molar-refractivity contribution in [1.29, 1.82) is 0 Å². The SMILES string of the molecule is COC(=O)n1ncc2c(NC(=O)N[C@@H]3CC[C@H](c4ccc(C(F)(F)F)cc4)C3)cccc21. The predicted molar refractivity (Wildman–Crippen MR) is 112 cm³/mol. The number of rotatable bonds is 3. The van der Waals surface area contributed by atoms with Crippen LogP contribution in [0.1, 0.15) is 36.3 Å². The van der Waals surface area contributed by atoms with Crippen LogP contribution in [0.2, 0.25) is 0 Å². The summed E-state index contributed by atoms with van der Waals surface area (Å²) in [5.74, 6) is 0.0873. The number of anilines is 1. The lowest BCUT2D eigenvalue weighted by molar-refractivity contribution is -0.137. The number of hydrogen-bond acceptors (Lipinski definition) is 4. The number of nitrogens with one attached hydrogen (secondary N) is 2. The van der Waals surface area contributed by atoms with E-state index in [4.69, 9.17) is 0 Å². The van der Waals surface area contributed by atoms with Gasteiger partial charge in [0.1, 0.15) is 0 Å². The second kappa shape index (κ2) is 8.52. The molecule has 0 spiro atoms. The summed E-state index contributed by atoms with van der Waals surface area (Å²) in [6.45, 7) is 0. The lowest BCUT2D eigenvalue weighted by Crippen LogP contribution is -2.36. The molecule has 0 bridgehead atoms. The average molecular weight is 446 g/mol. The van der Waals surface area contributed by atoms with Crippen LogP contribution >= 0.6 is 0 Å². The third-order valence-corrected chi connectivity index (χ3v) is 5.69. The van der Waals surface area contributed by atoms with Crippen LogP contribution in [0, 0.1) is 0 Å². The molecular weight excluding hydrogens is 425 g/mol. The number of halogens is 3. The van der Waals surface area contributed by atoms with Crippen LogP contribution in [0.4, 0.5) is 28.4 Å². The van der Waals surface area contributed by atoms with Crippen molar-refractivity contribution in [3.63, 3.8) is 0 Å². The van der Waals surface area contributed by atoms with Gasteiger partial charge < -0.3 is 15.4 Å². The molecule has 0 aliphatic heterocycles. The Morgan fingerprint density at radius 1 is 1.12 bits per heavy atom. The molecule has 2 N–H and O–H groups in total.